The molecule has 0 spiro atoms. The highest BCUT2D eigenvalue weighted by Gasteiger charge is 2.06. The predicted molar refractivity (Wildman–Crippen MR) is 68.5 cm³/mol. The zero-order valence-corrected chi connectivity index (χ0v) is 9.41. The van der Waals surface area contributed by atoms with E-state index in [1.54, 1.807) is 36.4 Å². The highest BCUT2D eigenvalue weighted by atomic mass is 16.3. The maximum absolute atomic E-state index is 9.59. The van der Waals surface area contributed by atoms with Gasteiger partial charge >= 0.3 is 0 Å². The maximum atomic E-state index is 9.59. The van der Waals surface area contributed by atoms with E-state index in [4.69, 9.17) is 5.11 Å². The second-order valence-electron chi connectivity index (χ2n) is 3.83. The average molecular weight is 244 g/mol. The maximum Gasteiger partial charge on any atom is 0.165 e. The molecule has 2 rings (SSSR count). The fourth-order valence-electron chi connectivity index (χ4n) is 1.52. The number of hydrogen-bond donors (Lipinski definition) is 4. The lowest BCUT2D eigenvalue weighted by atomic mass is 10.1. The molecule has 2 aromatic rings. The van der Waals surface area contributed by atoms with Crippen LogP contribution in [-0.2, 0) is 0 Å². The lowest BCUT2D eigenvalue weighted by Crippen LogP contribution is -1.77. The SMILES string of the molecule is Oc1ccc(C=Cc2cc(O)cc(O)c2O)cc1. The molecule has 92 valence electrons. The van der Waals surface area contributed by atoms with Crippen molar-refractivity contribution in [1.82, 2.24) is 0 Å². The molecule has 0 bridgehead atoms. The van der Waals surface area contributed by atoms with Crippen LogP contribution in [-0.4, -0.2) is 20.4 Å². The van der Waals surface area contributed by atoms with Gasteiger partial charge in [0.2, 0.25) is 0 Å². The van der Waals surface area contributed by atoms with Gasteiger partial charge in [0.15, 0.2) is 11.5 Å². The molecule has 4 heteroatoms. The molecule has 0 fully saturated rings. The number of phenolic OH excluding ortho intramolecular Hbond substituents is 4. The molecule has 0 saturated heterocycles. The van der Waals surface area contributed by atoms with E-state index in [0.717, 1.165) is 11.6 Å². The van der Waals surface area contributed by atoms with Gasteiger partial charge in [0.1, 0.15) is 11.5 Å². The molecule has 4 nitrogen and oxygen atoms in total. The Labute approximate surface area is 104 Å². The summed E-state index contributed by atoms with van der Waals surface area (Å²) >= 11 is 0. The largest absolute Gasteiger partial charge is 0.508 e. The molecule has 0 aromatic heterocycles. The smallest absolute Gasteiger partial charge is 0.165 e. The summed E-state index contributed by atoms with van der Waals surface area (Å²) in [6, 6.07) is 8.88. The molecule has 0 unspecified atom stereocenters. The summed E-state index contributed by atoms with van der Waals surface area (Å²) in [4.78, 5) is 0. The zero-order chi connectivity index (χ0) is 13.1. The third-order valence-corrected chi connectivity index (χ3v) is 2.45. The first-order valence-corrected chi connectivity index (χ1v) is 5.28. The van der Waals surface area contributed by atoms with E-state index in [9.17, 15) is 15.3 Å². The third-order valence-electron chi connectivity index (χ3n) is 2.45. The van der Waals surface area contributed by atoms with Crippen molar-refractivity contribution < 1.29 is 20.4 Å². The first-order chi connectivity index (χ1) is 8.56. The Morgan fingerprint density at radius 2 is 1.39 bits per heavy atom. The van der Waals surface area contributed by atoms with E-state index in [1.807, 2.05) is 0 Å². The van der Waals surface area contributed by atoms with Crippen LogP contribution in [0.15, 0.2) is 36.4 Å². The van der Waals surface area contributed by atoms with Crippen LogP contribution in [0.5, 0.6) is 23.0 Å². The molecule has 18 heavy (non-hydrogen) atoms. The second-order valence-corrected chi connectivity index (χ2v) is 3.83. The lowest BCUT2D eigenvalue weighted by Gasteiger charge is -2.03. The van der Waals surface area contributed by atoms with Crippen molar-refractivity contribution in [2.75, 3.05) is 0 Å². The first-order valence-electron chi connectivity index (χ1n) is 5.28. The van der Waals surface area contributed by atoms with Crippen LogP contribution in [0.3, 0.4) is 0 Å². The van der Waals surface area contributed by atoms with Crippen molar-refractivity contribution >= 4 is 12.2 Å². The van der Waals surface area contributed by atoms with Gasteiger partial charge in [0, 0.05) is 11.6 Å². The summed E-state index contributed by atoms with van der Waals surface area (Å²) < 4.78 is 0. The summed E-state index contributed by atoms with van der Waals surface area (Å²) in [7, 11) is 0. The van der Waals surface area contributed by atoms with Gasteiger partial charge in [-0.05, 0) is 23.8 Å². The van der Waals surface area contributed by atoms with Crippen LogP contribution in [0.4, 0.5) is 0 Å². The van der Waals surface area contributed by atoms with E-state index in [0.29, 0.717) is 5.56 Å². The Balaban J connectivity index is 2.31. The van der Waals surface area contributed by atoms with Crippen molar-refractivity contribution in [3.05, 3.63) is 47.5 Å². The quantitative estimate of drug-likeness (QED) is 0.372. The number of hydrogen-bond acceptors (Lipinski definition) is 4. The lowest BCUT2D eigenvalue weighted by molar-refractivity contribution is 0.395. The van der Waals surface area contributed by atoms with Crippen molar-refractivity contribution in [1.29, 1.82) is 0 Å². The summed E-state index contributed by atoms with van der Waals surface area (Å²) in [6.07, 6.45) is 3.24. The van der Waals surface area contributed by atoms with Gasteiger partial charge in [-0.2, -0.15) is 0 Å². The highest BCUT2D eigenvalue weighted by molar-refractivity contribution is 5.75. The monoisotopic (exact) mass is 244 g/mol. The minimum absolute atomic E-state index is 0.129. The van der Waals surface area contributed by atoms with E-state index >= 15 is 0 Å². The predicted octanol–water partition coefficient (Wildman–Crippen LogP) is 2.68. The fourth-order valence-corrected chi connectivity index (χ4v) is 1.52. The molecule has 0 aliphatic heterocycles. The van der Waals surface area contributed by atoms with Crippen molar-refractivity contribution in [2.24, 2.45) is 0 Å². The molecule has 0 atom stereocenters. The van der Waals surface area contributed by atoms with Crippen LogP contribution >= 0.6 is 0 Å². The Bertz CT molecular complexity index is 585. The van der Waals surface area contributed by atoms with Crippen LogP contribution < -0.4 is 0 Å². The molecule has 0 heterocycles. The van der Waals surface area contributed by atoms with E-state index in [1.165, 1.54) is 6.07 Å². The van der Waals surface area contributed by atoms with Gasteiger partial charge in [-0.25, -0.2) is 0 Å². The first kappa shape index (κ1) is 11.9. The summed E-state index contributed by atoms with van der Waals surface area (Å²) in [5, 5.41) is 37.4. The van der Waals surface area contributed by atoms with Crippen LogP contribution in [0.1, 0.15) is 11.1 Å². The zero-order valence-electron chi connectivity index (χ0n) is 9.41. The van der Waals surface area contributed by atoms with Gasteiger partial charge in [-0.15, -0.1) is 0 Å². The van der Waals surface area contributed by atoms with Gasteiger partial charge in [-0.1, -0.05) is 24.3 Å². The normalized spacial score (nSPS) is 10.9. The minimum Gasteiger partial charge on any atom is -0.508 e. The Kier molecular flexibility index (Phi) is 3.10. The number of rotatable bonds is 2. The molecule has 0 radical (unpaired) electrons. The molecule has 0 aliphatic rings. The van der Waals surface area contributed by atoms with Gasteiger partial charge < -0.3 is 20.4 Å². The highest BCUT2D eigenvalue weighted by Crippen LogP contribution is 2.34. The Hall–Kier alpha value is -2.62. The molecule has 2 aromatic carbocycles. The minimum atomic E-state index is -0.375. The van der Waals surface area contributed by atoms with Crippen LogP contribution in [0.2, 0.25) is 0 Å². The van der Waals surface area contributed by atoms with Gasteiger partial charge in [-0.3, -0.25) is 0 Å². The summed E-state index contributed by atoms with van der Waals surface area (Å²) in [5.74, 6) is -0.621. The van der Waals surface area contributed by atoms with Gasteiger partial charge in [0.25, 0.3) is 0 Å². The summed E-state index contributed by atoms with van der Waals surface area (Å²) in [6.45, 7) is 0. The fraction of sp³-hybridized carbons (Fsp3) is 0. The van der Waals surface area contributed by atoms with Crippen molar-refractivity contribution in [3.63, 3.8) is 0 Å². The second kappa shape index (κ2) is 4.71. The Morgan fingerprint density at radius 1 is 0.722 bits per heavy atom. The van der Waals surface area contributed by atoms with Crippen LogP contribution in [0, 0.1) is 0 Å². The van der Waals surface area contributed by atoms with Gasteiger partial charge in [0.05, 0.1) is 0 Å². The third kappa shape index (κ3) is 2.55. The topological polar surface area (TPSA) is 80.9 Å². The molecule has 4 N–H and O–H groups in total. The summed E-state index contributed by atoms with van der Waals surface area (Å²) in [5.41, 5.74) is 1.12. The molecular formula is C14H12O4. The number of benzene rings is 2. The molecule has 0 saturated carbocycles. The number of phenols is 4. The number of aromatic hydroxyl groups is 4. The molecular weight excluding hydrogens is 232 g/mol. The molecule has 0 amide bonds. The Morgan fingerprint density at radius 3 is 2.06 bits per heavy atom. The van der Waals surface area contributed by atoms with E-state index in [2.05, 4.69) is 0 Å². The van der Waals surface area contributed by atoms with Crippen molar-refractivity contribution in [2.45, 2.75) is 0 Å². The van der Waals surface area contributed by atoms with E-state index in [-0.39, 0.29) is 23.0 Å². The van der Waals surface area contributed by atoms with E-state index < -0.39 is 0 Å². The average Bonchev–Trinajstić information content (AvgIpc) is 2.34. The molecule has 0 aliphatic carbocycles. The van der Waals surface area contributed by atoms with Crippen molar-refractivity contribution in [3.8, 4) is 23.0 Å². The van der Waals surface area contributed by atoms with Crippen LogP contribution in [0.25, 0.3) is 12.2 Å². The standard InChI is InChI=1S/C14H12O4/c15-11-5-2-9(3-6-11)1-4-10-7-12(16)8-13(17)14(10)18/h1-8,15-18H.